The van der Waals surface area contributed by atoms with Gasteiger partial charge < -0.3 is 0 Å². The predicted molar refractivity (Wildman–Crippen MR) is 84.9 cm³/mol. The molecule has 0 aliphatic rings. The molecule has 0 saturated carbocycles. The molecular weight excluding hydrogens is 303 g/mol. The third-order valence-electron chi connectivity index (χ3n) is 3.23. The minimum absolute atomic E-state index is 0.163. The van der Waals surface area contributed by atoms with Gasteiger partial charge in [0, 0.05) is 6.20 Å². The van der Waals surface area contributed by atoms with E-state index in [4.69, 9.17) is 0 Å². The molecule has 4 nitrogen and oxygen atoms in total. The predicted octanol–water partition coefficient (Wildman–Crippen LogP) is 3.63. The minimum Gasteiger partial charge on any atom is -0.278 e. The Morgan fingerprint density at radius 1 is 1.14 bits per heavy atom. The number of aromatic nitrogens is 1. The first-order valence-electron chi connectivity index (χ1n) is 6.84. The van der Waals surface area contributed by atoms with Gasteiger partial charge in [0.1, 0.15) is 10.7 Å². The normalized spacial score (nSPS) is 12.2. The number of halogens is 1. The van der Waals surface area contributed by atoms with Crippen molar-refractivity contribution in [3.8, 4) is 0 Å². The number of rotatable bonds is 3. The number of sulfonamides is 1. The van der Waals surface area contributed by atoms with E-state index in [9.17, 15) is 12.8 Å². The molecule has 0 spiro atoms. The fourth-order valence-corrected chi connectivity index (χ4v) is 3.03. The van der Waals surface area contributed by atoms with Crippen molar-refractivity contribution in [2.45, 2.75) is 38.0 Å². The molecule has 0 atom stereocenters. The van der Waals surface area contributed by atoms with Gasteiger partial charge in [0.05, 0.1) is 11.9 Å². The molecule has 0 aliphatic carbocycles. The van der Waals surface area contributed by atoms with Crippen LogP contribution >= 0.6 is 0 Å². The van der Waals surface area contributed by atoms with Crippen molar-refractivity contribution in [3.05, 3.63) is 53.6 Å². The molecule has 1 aromatic heterocycles. The number of hydrogen-bond acceptors (Lipinski definition) is 3. The summed E-state index contributed by atoms with van der Waals surface area (Å²) in [6.07, 6.45) is 3.09. The van der Waals surface area contributed by atoms with Crippen LogP contribution in [-0.2, 0) is 15.4 Å². The van der Waals surface area contributed by atoms with Crippen LogP contribution in [0.5, 0.6) is 0 Å². The van der Waals surface area contributed by atoms with E-state index in [0.29, 0.717) is 11.3 Å². The maximum absolute atomic E-state index is 13.9. The van der Waals surface area contributed by atoms with Gasteiger partial charge in [-0.05, 0) is 41.7 Å². The Hall–Kier alpha value is -1.95. The zero-order valence-electron chi connectivity index (χ0n) is 13.0. The van der Waals surface area contributed by atoms with Crippen molar-refractivity contribution < 1.29 is 12.8 Å². The van der Waals surface area contributed by atoms with Gasteiger partial charge in [0.2, 0.25) is 0 Å². The first-order chi connectivity index (χ1) is 10.1. The van der Waals surface area contributed by atoms with Crippen LogP contribution in [0.4, 0.5) is 10.1 Å². The highest BCUT2D eigenvalue weighted by atomic mass is 32.2. The standard InChI is InChI=1S/C16H19FN2O2S/c1-11-5-6-15(14(17)7-11)22(20,21)19-13-8-12(9-18-10-13)16(2,3)4/h5-10,19H,1-4H3. The lowest BCUT2D eigenvalue weighted by molar-refractivity contribution is 0.569. The Kier molecular flexibility index (Phi) is 4.24. The van der Waals surface area contributed by atoms with Crippen molar-refractivity contribution in [1.82, 2.24) is 4.98 Å². The summed E-state index contributed by atoms with van der Waals surface area (Å²) in [4.78, 5) is 3.67. The molecule has 2 aromatic rings. The second kappa shape index (κ2) is 5.68. The number of nitrogens with one attached hydrogen (secondary N) is 1. The number of anilines is 1. The Labute approximate surface area is 130 Å². The Morgan fingerprint density at radius 2 is 1.82 bits per heavy atom. The summed E-state index contributed by atoms with van der Waals surface area (Å²) in [6, 6.07) is 5.71. The van der Waals surface area contributed by atoms with Crippen LogP contribution in [0.1, 0.15) is 31.9 Å². The molecule has 118 valence electrons. The van der Waals surface area contributed by atoms with E-state index < -0.39 is 15.8 Å². The molecule has 0 radical (unpaired) electrons. The van der Waals surface area contributed by atoms with Crippen molar-refractivity contribution in [2.24, 2.45) is 0 Å². The number of aryl methyl sites for hydroxylation is 1. The van der Waals surface area contributed by atoms with Gasteiger partial charge in [0.15, 0.2) is 0 Å². The van der Waals surface area contributed by atoms with Crippen LogP contribution in [0, 0.1) is 12.7 Å². The van der Waals surface area contributed by atoms with Crippen LogP contribution in [-0.4, -0.2) is 13.4 Å². The van der Waals surface area contributed by atoms with Gasteiger partial charge in [-0.15, -0.1) is 0 Å². The maximum Gasteiger partial charge on any atom is 0.264 e. The summed E-state index contributed by atoms with van der Waals surface area (Å²) >= 11 is 0. The molecule has 1 heterocycles. The lowest BCUT2D eigenvalue weighted by atomic mass is 9.88. The van der Waals surface area contributed by atoms with Crippen LogP contribution in [0.15, 0.2) is 41.6 Å². The highest BCUT2D eigenvalue weighted by molar-refractivity contribution is 7.92. The molecule has 1 aromatic carbocycles. The van der Waals surface area contributed by atoms with E-state index in [1.807, 2.05) is 20.8 Å². The van der Waals surface area contributed by atoms with Gasteiger partial charge in [-0.2, -0.15) is 0 Å². The van der Waals surface area contributed by atoms with E-state index in [2.05, 4.69) is 9.71 Å². The molecule has 0 unspecified atom stereocenters. The number of nitrogens with zero attached hydrogens (tertiary/aromatic N) is 1. The molecule has 2 rings (SSSR count). The first-order valence-corrected chi connectivity index (χ1v) is 8.32. The lowest BCUT2D eigenvalue weighted by Crippen LogP contribution is -2.16. The van der Waals surface area contributed by atoms with Crippen LogP contribution < -0.4 is 4.72 Å². The van der Waals surface area contributed by atoms with Crippen LogP contribution in [0.25, 0.3) is 0 Å². The molecule has 6 heteroatoms. The van der Waals surface area contributed by atoms with Crippen molar-refractivity contribution >= 4 is 15.7 Å². The number of pyridine rings is 1. The summed E-state index contributed by atoms with van der Waals surface area (Å²) in [5, 5.41) is 0. The summed E-state index contributed by atoms with van der Waals surface area (Å²) in [6.45, 7) is 7.70. The largest absolute Gasteiger partial charge is 0.278 e. The third kappa shape index (κ3) is 3.62. The van der Waals surface area contributed by atoms with Gasteiger partial charge in [-0.1, -0.05) is 26.8 Å². The lowest BCUT2D eigenvalue weighted by Gasteiger charge is -2.19. The summed E-state index contributed by atoms with van der Waals surface area (Å²) in [5.74, 6) is -0.771. The van der Waals surface area contributed by atoms with Crippen LogP contribution in [0.2, 0.25) is 0 Å². The van der Waals surface area contributed by atoms with Crippen molar-refractivity contribution in [3.63, 3.8) is 0 Å². The summed E-state index contributed by atoms with van der Waals surface area (Å²) in [5.41, 5.74) is 1.70. The molecule has 0 fully saturated rings. The minimum atomic E-state index is -3.99. The van der Waals surface area contributed by atoms with Crippen molar-refractivity contribution in [2.75, 3.05) is 4.72 Å². The van der Waals surface area contributed by atoms with Crippen molar-refractivity contribution in [1.29, 1.82) is 0 Å². The number of benzene rings is 1. The molecule has 0 aliphatic heterocycles. The summed E-state index contributed by atoms with van der Waals surface area (Å²) in [7, 11) is -3.99. The zero-order valence-corrected chi connectivity index (χ0v) is 13.8. The summed E-state index contributed by atoms with van der Waals surface area (Å²) < 4.78 is 40.9. The smallest absolute Gasteiger partial charge is 0.264 e. The highest BCUT2D eigenvalue weighted by Gasteiger charge is 2.20. The zero-order chi connectivity index (χ0) is 16.5. The molecular formula is C16H19FN2O2S. The Morgan fingerprint density at radius 3 is 2.41 bits per heavy atom. The van der Waals surface area contributed by atoms with E-state index in [1.54, 1.807) is 25.3 Å². The maximum atomic E-state index is 13.9. The second-order valence-corrected chi connectivity index (χ2v) is 7.90. The van der Waals surface area contributed by atoms with E-state index in [-0.39, 0.29) is 10.3 Å². The average Bonchev–Trinajstić information content (AvgIpc) is 2.36. The van der Waals surface area contributed by atoms with Gasteiger partial charge >= 0.3 is 0 Å². The second-order valence-electron chi connectivity index (χ2n) is 6.25. The fraction of sp³-hybridized carbons (Fsp3) is 0.312. The quantitative estimate of drug-likeness (QED) is 0.939. The third-order valence-corrected chi connectivity index (χ3v) is 4.65. The first kappa shape index (κ1) is 16.4. The van der Waals surface area contributed by atoms with Crippen LogP contribution in [0.3, 0.4) is 0 Å². The molecule has 0 bridgehead atoms. The monoisotopic (exact) mass is 322 g/mol. The Bertz CT molecular complexity index is 796. The fourth-order valence-electron chi connectivity index (χ4n) is 1.94. The topological polar surface area (TPSA) is 59.1 Å². The van der Waals surface area contributed by atoms with E-state index in [1.165, 1.54) is 18.3 Å². The molecule has 22 heavy (non-hydrogen) atoms. The SMILES string of the molecule is Cc1ccc(S(=O)(=O)Nc2cncc(C(C)(C)C)c2)c(F)c1. The number of hydrogen-bond donors (Lipinski definition) is 1. The van der Waals surface area contributed by atoms with E-state index in [0.717, 1.165) is 5.56 Å². The molecule has 1 N–H and O–H groups in total. The van der Waals surface area contributed by atoms with Gasteiger partial charge in [0.25, 0.3) is 10.0 Å². The highest BCUT2D eigenvalue weighted by Crippen LogP contribution is 2.25. The molecule has 0 amide bonds. The van der Waals surface area contributed by atoms with Gasteiger partial charge in [-0.25, -0.2) is 12.8 Å². The van der Waals surface area contributed by atoms with E-state index >= 15 is 0 Å². The average molecular weight is 322 g/mol. The molecule has 0 saturated heterocycles. The Balaban J connectivity index is 2.37. The van der Waals surface area contributed by atoms with Gasteiger partial charge in [-0.3, -0.25) is 9.71 Å².